The molecule has 0 saturated carbocycles. The third-order valence-corrected chi connectivity index (χ3v) is 6.48. The number of sulfone groups is 1. The van der Waals surface area contributed by atoms with Crippen LogP contribution in [0.25, 0.3) is 0 Å². The molecule has 1 saturated heterocycles. The van der Waals surface area contributed by atoms with Gasteiger partial charge in [0.2, 0.25) is 0 Å². The monoisotopic (exact) mass is 367 g/mol. The van der Waals surface area contributed by atoms with Gasteiger partial charge in [-0.3, -0.25) is 4.68 Å². The molecular weight excluding hydrogens is 345 g/mol. The highest BCUT2D eigenvalue weighted by Crippen LogP contribution is 2.30. The topological polar surface area (TPSA) is 84.2 Å². The lowest BCUT2D eigenvalue weighted by Crippen LogP contribution is -2.31. The Balaban J connectivity index is 1.55. The fourth-order valence-corrected chi connectivity index (χ4v) is 5.20. The van der Waals surface area contributed by atoms with Crippen LogP contribution >= 0.6 is 0 Å². The third-order valence-electron chi connectivity index (χ3n) is 4.59. The molecule has 1 aliphatic rings. The molecule has 1 aromatic carbocycles. The van der Waals surface area contributed by atoms with Gasteiger partial charge in [0, 0.05) is 24.8 Å². The number of nitrogens with one attached hydrogen (secondary N) is 1. The van der Waals surface area contributed by atoms with Crippen LogP contribution in [0.2, 0.25) is 0 Å². The first-order chi connectivity index (χ1) is 11.8. The highest BCUT2D eigenvalue weighted by Gasteiger charge is 2.40. The van der Waals surface area contributed by atoms with Crippen LogP contribution in [-0.4, -0.2) is 41.4 Å². The van der Waals surface area contributed by atoms with E-state index in [-0.39, 0.29) is 17.3 Å². The second kappa shape index (κ2) is 6.86. The minimum atomic E-state index is -2.99. The van der Waals surface area contributed by atoms with Gasteiger partial charge < -0.3 is 10.4 Å². The summed E-state index contributed by atoms with van der Waals surface area (Å²) in [5.74, 6) is -0.0303. The molecule has 136 valence electrons. The summed E-state index contributed by atoms with van der Waals surface area (Å²) in [4.78, 5) is 0. The summed E-state index contributed by atoms with van der Waals surface area (Å²) in [6.07, 6.45) is 3.38. The van der Waals surface area contributed by atoms with E-state index in [9.17, 15) is 17.9 Å². The lowest BCUT2D eigenvalue weighted by atomic mass is 10.0. The summed E-state index contributed by atoms with van der Waals surface area (Å²) in [7, 11) is -2.99. The number of hydrogen-bond acceptors (Lipinski definition) is 5. The predicted molar refractivity (Wildman–Crippen MR) is 92.2 cm³/mol. The van der Waals surface area contributed by atoms with Gasteiger partial charge in [0.1, 0.15) is 5.82 Å². The smallest absolute Gasteiger partial charge is 0.152 e. The fourth-order valence-electron chi connectivity index (χ4n) is 3.08. The minimum Gasteiger partial charge on any atom is -0.387 e. The maximum absolute atomic E-state index is 12.9. The first kappa shape index (κ1) is 18.0. The number of halogens is 1. The first-order valence-corrected chi connectivity index (χ1v) is 9.98. The number of nitrogens with zero attached hydrogens (tertiary/aromatic N) is 2. The van der Waals surface area contributed by atoms with Crippen LogP contribution in [-0.2, 0) is 21.9 Å². The summed E-state index contributed by atoms with van der Waals surface area (Å²) >= 11 is 0. The van der Waals surface area contributed by atoms with Crippen molar-refractivity contribution in [3.63, 3.8) is 0 Å². The largest absolute Gasteiger partial charge is 0.387 e. The van der Waals surface area contributed by atoms with Crippen molar-refractivity contribution in [1.29, 1.82) is 0 Å². The normalized spacial score (nSPS) is 23.6. The molecule has 1 aromatic heterocycles. The van der Waals surface area contributed by atoms with Gasteiger partial charge in [0.15, 0.2) is 9.84 Å². The molecule has 1 fully saturated rings. The Morgan fingerprint density at radius 1 is 1.40 bits per heavy atom. The Morgan fingerprint density at radius 3 is 2.76 bits per heavy atom. The average Bonchev–Trinajstić information content (AvgIpc) is 3.13. The van der Waals surface area contributed by atoms with Crippen molar-refractivity contribution in [2.75, 3.05) is 18.1 Å². The van der Waals surface area contributed by atoms with Gasteiger partial charge in [-0.25, -0.2) is 12.8 Å². The van der Waals surface area contributed by atoms with Gasteiger partial charge in [-0.05, 0) is 31.0 Å². The Hall–Kier alpha value is -1.77. The number of hydrogen-bond donors (Lipinski definition) is 2. The maximum Gasteiger partial charge on any atom is 0.152 e. The highest BCUT2D eigenvalue weighted by atomic mass is 32.2. The summed E-state index contributed by atoms with van der Waals surface area (Å²) in [5, 5.41) is 17.5. The van der Waals surface area contributed by atoms with Gasteiger partial charge in [-0.2, -0.15) is 5.10 Å². The van der Waals surface area contributed by atoms with Crippen molar-refractivity contribution in [1.82, 2.24) is 15.1 Å². The zero-order valence-electron chi connectivity index (χ0n) is 14.0. The molecule has 25 heavy (non-hydrogen) atoms. The molecular formula is C17H22FN3O3S. The number of aliphatic hydroxyl groups excluding tert-OH is 1. The van der Waals surface area contributed by atoms with Gasteiger partial charge in [0.25, 0.3) is 0 Å². The highest BCUT2D eigenvalue weighted by molar-refractivity contribution is 7.91. The minimum absolute atomic E-state index is 0.109. The van der Waals surface area contributed by atoms with Crippen LogP contribution in [0.1, 0.15) is 30.6 Å². The lowest BCUT2D eigenvalue weighted by molar-refractivity contribution is 0.174. The van der Waals surface area contributed by atoms with Gasteiger partial charge in [-0.1, -0.05) is 12.1 Å². The van der Waals surface area contributed by atoms with Crippen LogP contribution < -0.4 is 5.32 Å². The molecule has 0 radical (unpaired) electrons. The van der Waals surface area contributed by atoms with E-state index >= 15 is 0 Å². The van der Waals surface area contributed by atoms with Crippen LogP contribution in [0.5, 0.6) is 0 Å². The summed E-state index contributed by atoms with van der Waals surface area (Å²) < 4.78 is 38.1. The fraction of sp³-hybridized carbons (Fsp3) is 0.471. The Kier molecular flexibility index (Phi) is 4.95. The molecule has 6 nitrogen and oxygen atoms in total. The summed E-state index contributed by atoms with van der Waals surface area (Å²) in [6.45, 7) is 2.73. The summed E-state index contributed by atoms with van der Waals surface area (Å²) in [6, 6.07) is 5.75. The SMILES string of the molecule is C[C@@]1(n2cc(CNC[C@H](O)c3ccc(F)cc3)cn2)CCS(=O)(=O)C1. The van der Waals surface area contributed by atoms with Crippen molar-refractivity contribution >= 4 is 9.84 Å². The Labute approximate surface area is 146 Å². The third kappa shape index (κ3) is 4.26. The molecule has 0 aliphatic carbocycles. The van der Waals surface area contributed by atoms with Crippen molar-refractivity contribution in [3.8, 4) is 0 Å². The quantitative estimate of drug-likeness (QED) is 0.806. The van der Waals surface area contributed by atoms with Crippen LogP contribution in [0.4, 0.5) is 4.39 Å². The lowest BCUT2D eigenvalue weighted by Gasteiger charge is -2.22. The van der Waals surface area contributed by atoms with Crippen molar-refractivity contribution < 1.29 is 17.9 Å². The Morgan fingerprint density at radius 2 is 2.12 bits per heavy atom. The van der Waals surface area contributed by atoms with E-state index in [2.05, 4.69) is 10.4 Å². The number of rotatable bonds is 6. The average molecular weight is 367 g/mol. The number of aromatic nitrogens is 2. The predicted octanol–water partition coefficient (Wildman–Crippen LogP) is 1.38. The van der Waals surface area contributed by atoms with E-state index in [1.807, 2.05) is 13.1 Å². The van der Waals surface area contributed by atoms with Crippen molar-refractivity contribution in [3.05, 3.63) is 53.6 Å². The van der Waals surface area contributed by atoms with E-state index in [1.54, 1.807) is 23.0 Å². The zero-order chi connectivity index (χ0) is 18.1. The molecule has 0 amide bonds. The molecule has 3 rings (SSSR count). The Bertz CT molecular complexity index is 835. The van der Waals surface area contributed by atoms with Gasteiger partial charge in [0.05, 0.1) is 29.3 Å². The van der Waals surface area contributed by atoms with E-state index in [4.69, 9.17) is 0 Å². The molecule has 1 aliphatic heterocycles. The number of aliphatic hydroxyl groups is 1. The molecule has 2 heterocycles. The molecule has 2 atom stereocenters. The van der Waals surface area contributed by atoms with E-state index in [1.165, 1.54) is 12.1 Å². The van der Waals surface area contributed by atoms with E-state index < -0.39 is 21.5 Å². The van der Waals surface area contributed by atoms with Crippen molar-refractivity contribution in [2.45, 2.75) is 31.5 Å². The molecule has 8 heteroatoms. The standard InChI is InChI=1S/C17H22FN3O3S/c1-17(6-7-25(23,24)12-17)21-11-13(9-20-21)8-19-10-16(22)14-2-4-15(18)5-3-14/h2-5,9,11,16,19,22H,6-8,10,12H2,1H3/t16-,17+/m0/s1. The second-order valence-electron chi connectivity index (χ2n) is 6.83. The molecule has 2 aromatic rings. The summed E-state index contributed by atoms with van der Waals surface area (Å²) in [5.41, 5.74) is 1.06. The second-order valence-corrected chi connectivity index (χ2v) is 9.01. The molecule has 2 N–H and O–H groups in total. The van der Waals surface area contributed by atoms with E-state index in [0.29, 0.717) is 25.1 Å². The number of benzene rings is 1. The van der Waals surface area contributed by atoms with Gasteiger partial charge in [-0.15, -0.1) is 0 Å². The molecule has 0 spiro atoms. The molecule has 0 unspecified atom stereocenters. The van der Waals surface area contributed by atoms with Crippen LogP contribution in [0.3, 0.4) is 0 Å². The molecule has 0 bridgehead atoms. The van der Waals surface area contributed by atoms with Crippen LogP contribution in [0, 0.1) is 5.82 Å². The van der Waals surface area contributed by atoms with E-state index in [0.717, 1.165) is 5.56 Å². The van der Waals surface area contributed by atoms with Crippen LogP contribution in [0.15, 0.2) is 36.7 Å². The van der Waals surface area contributed by atoms with Crippen molar-refractivity contribution in [2.24, 2.45) is 0 Å². The maximum atomic E-state index is 12.9. The first-order valence-electron chi connectivity index (χ1n) is 8.16. The van der Waals surface area contributed by atoms with Gasteiger partial charge >= 0.3 is 0 Å². The zero-order valence-corrected chi connectivity index (χ0v) is 14.8.